The molecule has 0 aromatic carbocycles. The normalized spacial score (nSPS) is 18.4. The molecule has 1 aliphatic carbocycles. The van der Waals surface area contributed by atoms with Crippen LogP contribution < -0.4 is 5.32 Å². The van der Waals surface area contributed by atoms with Gasteiger partial charge in [0.25, 0.3) is 0 Å². The first-order chi connectivity index (χ1) is 8.71. The third kappa shape index (κ3) is 4.14. The van der Waals surface area contributed by atoms with Crippen LogP contribution in [0.1, 0.15) is 33.1 Å². The van der Waals surface area contributed by atoms with E-state index in [1.165, 1.54) is 0 Å². The zero-order chi connectivity index (χ0) is 13.4. The predicted molar refractivity (Wildman–Crippen MR) is 74.8 cm³/mol. The lowest BCUT2D eigenvalue weighted by Gasteiger charge is -2.32. The van der Waals surface area contributed by atoms with Crippen molar-refractivity contribution < 1.29 is 14.6 Å². The van der Waals surface area contributed by atoms with Crippen LogP contribution in [0.4, 0.5) is 0 Å². The van der Waals surface area contributed by atoms with Gasteiger partial charge in [0, 0.05) is 12.4 Å². The number of hydrogen-bond donors (Lipinski definition) is 2. The Hall–Kier alpha value is -0.260. The minimum Gasteiger partial charge on any atom is -0.465 e. The van der Waals surface area contributed by atoms with Crippen molar-refractivity contribution in [3.8, 4) is 0 Å². The summed E-state index contributed by atoms with van der Waals surface area (Å²) in [5, 5.41) is 12.2. The summed E-state index contributed by atoms with van der Waals surface area (Å²) in [6.45, 7) is 5.29. The largest absolute Gasteiger partial charge is 0.465 e. The van der Waals surface area contributed by atoms with E-state index in [9.17, 15) is 4.79 Å². The van der Waals surface area contributed by atoms with E-state index < -0.39 is 5.54 Å². The van der Waals surface area contributed by atoms with Gasteiger partial charge >= 0.3 is 5.97 Å². The van der Waals surface area contributed by atoms with Gasteiger partial charge < -0.3 is 15.2 Å². The Kier molecular flexibility index (Phi) is 7.04. The van der Waals surface area contributed by atoms with E-state index in [0.29, 0.717) is 12.5 Å². The summed E-state index contributed by atoms with van der Waals surface area (Å²) >= 11 is 1.72. The number of likely N-dealkylation sites (N-methyl/N-ethyl adjacent to an activating group) is 1. The molecule has 0 spiro atoms. The number of nitrogens with one attached hydrogen (secondary N) is 1. The van der Waals surface area contributed by atoms with E-state index in [2.05, 4.69) is 5.32 Å². The van der Waals surface area contributed by atoms with Crippen LogP contribution >= 0.6 is 11.8 Å². The first kappa shape index (κ1) is 15.8. The molecule has 0 aliphatic heterocycles. The van der Waals surface area contributed by atoms with Gasteiger partial charge in [-0.3, -0.25) is 4.79 Å². The van der Waals surface area contributed by atoms with Crippen molar-refractivity contribution in [3.05, 3.63) is 0 Å². The number of carbonyl (C=O) groups excluding carboxylic acids is 1. The molecule has 0 bridgehead atoms. The Balaban J connectivity index is 2.61. The molecule has 4 nitrogen and oxygen atoms in total. The molecule has 1 aliphatic rings. The number of aliphatic hydroxyl groups excluding tert-OH is 1. The number of esters is 1. The summed E-state index contributed by atoms with van der Waals surface area (Å²) in [6.07, 6.45) is 2.99. The minimum atomic E-state index is -0.509. The van der Waals surface area contributed by atoms with Gasteiger partial charge in [-0.2, -0.15) is 11.8 Å². The summed E-state index contributed by atoms with van der Waals surface area (Å²) in [5.41, 5.74) is -0.509. The first-order valence-electron chi connectivity index (χ1n) is 6.82. The predicted octanol–water partition coefficient (Wildman–Crippen LogP) is 1.42. The number of aliphatic hydroxyl groups is 1. The van der Waals surface area contributed by atoms with Gasteiger partial charge in [0.1, 0.15) is 5.54 Å². The Morgan fingerprint density at radius 3 is 2.72 bits per heavy atom. The third-order valence-electron chi connectivity index (χ3n) is 3.18. The molecule has 5 heteroatoms. The van der Waals surface area contributed by atoms with Crippen molar-refractivity contribution in [1.29, 1.82) is 0 Å². The number of thioether (sulfide) groups is 1. The molecule has 18 heavy (non-hydrogen) atoms. The standard InChI is InChI=1S/C13H25NO3S/c1-3-14-13(11-6-7-11,12(16)17-4-2)10-18-9-5-8-15/h11,14-15H,3-10H2,1-2H3. The minimum absolute atomic E-state index is 0.106. The first-order valence-corrected chi connectivity index (χ1v) is 7.97. The van der Waals surface area contributed by atoms with Crippen LogP contribution in [0.2, 0.25) is 0 Å². The quantitative estimate of drug-likeness (QED) is 0.466. The third-order valence-corrected chi connectivity index (χ3v) is 4.42. The van der Waals surface area contributed by atoms with Crippen molar-refractivity contribution in [1.82, 2.24) is 5.32 Å². The molecule has 1 atom stereocenters. The maximum Gasteiger partial charge on any atom is 0.327 e. The van der Waals surface area contributed by atoms with Crippen molar-refractivity contribution in [2.45, 2.75) is 38.6 Å². The number of hydrogen-bond acceptors (Lipinski definition) is 5. The van der Waals surface area contributed by atoms with Crippen LogP contribution in [-0.4, -0.2) is 47.9 Å². The molecular weight excluding hydrogens is 250 g/mol. The van der Waals surface area contributed by atoms with Crippen molar-refractivity contribution in [2.75, 3.05) is 31.3 Å². The van der Waals surface area contributed by atoms with Gasteiger partial charge in [0.05, 0.1) is 6.61 Å². The summed E-state index contributed by atoms with van der Waals surface area (Å²) in [6, 6.07) is 0. The van der Waals surface area contributed by atoms with Gasteiger partial charge in [-0.25, -0.2) is 0 Å². The van der Waals surface area contributed by atoms with E-state index in [4.69, 9.17) is 9.84 Å². The molecule has 0 amide bonds. The van der Waals surface area contributed by atoms with Gasteiger partial charge in [0.15, 0.2) is 0 Å². The monoisotopic (exact) mass is 275 g/mol. The maximum atomic E-state index is 12.3. The van der Waals surface area contributed by atoms with Gasteiger partial charge in [-0.1, -0.05) is 6.92 Å². The smallest absolute Gasteiger partial charge is 0.327 e. The molecule has 1 fully saturated rings. The second-order valence-corrected chi connectivity index (χ2v) is 5.73. The lowest BCUT2D eigenvalue weighted by Crippen LogP contribution is -2.57. The molecule has 0 aromatic rings. The Labute approximate surface area is 114 Å². The van der Waals surface area contributed by atoms with Crippen molar-refractivity contribution >= 4 is 17.7 Å². The molecule has 0 heterocycles. The molecule has 0 saturated heterocycles. The SMILES string of the molecule is CCNC(CSCCCO)(C(=O)OCC)C1CC1. The van der Waals surface area contributed by atoms with E-state index in [-0.39, 0.29) is 12.6 Å². The maximum absolute atomic E-state index is 12.3. The summed E-state index contributed by atoms with van der Waals surface area (Å²) in [4.78, 5) is 12.3. The van der Waals surface area contributed by atoms with E-state index in [1.54, 1.807) is 11.8 Å². The summed E-state index contributed by atoms with van der Waals surface area (Å²) < 4.78 is 5.25. The van der Waals surface area contributed by atoms with Gasteiger partial charge in [-0.05, 0) is 44.4 Å². The number of ether oxygens (including phenoxy) is 1. The zero-order valence-electron chi connectivity index (χ0n) is 11.4. The topological polar surface area (TPSA) is 58.6 Å². The van der Waals surface area contributed by atoms with Crippen LogP contribution in [0.15, 0.2) is 0 Å². The van der Waals surface area contributed by atoms with Gasteiger partial charge in [-0.15, -0.1) is 0 Å². The molecule has 1 saturated carbocycles. The summed E-state index contributed by atoms with van der Waals surface area (Å²) in [5.74, 6) is 1.93. The average molecular weight is 275 g/mol. The van der Waals surface area contributed by atoms with Crippen LogP contribution in [0.3, 0.4) is 0 Å². The molecule has 0 radical (unpaired) electrons. The van der Waals surface area contributed by atoms with E-state index in [1.807, 2.05) is 13.8 Å². The van der Waals surface area contributed by atoms with E-state index >= 15 is 0 Å². The highest BCUT2D eigenvalue weighted by molar-refractivity contribution is 7.99. The van der Waals surface area contributed by atoms with Crippen LogP contribution in [0.5, 0.6) is 0 Å². The Bertz CT molecular complexity index is 259. The van der Waals surface area contributed by atoms with Crippen molar-refractivity contribution in [3.63, 3.8) is 0 Å². The zero-order valence-corrected chi connectivity index (χ0v) is 12.2. The lowest BCUT2D eigenvalue weighted by molar-refractivity contribution is -0.151. The van der Waals surface area contributed by atoms with Crippen LogP contribution in [0, 0.1) is 5.92 Å². The highest BCUT2D eigenvalue weighted by Gasteiger charge is 2.51. The number of rotatable bonds is 10. The highest BCUT2D eigenvalue weighted by atomic mass is 32.2. The fourth-order valence-corrected chi connectivity index (χ4v) is 3.42. The van der Waals surface area contributed by atoms with Crippen LogP contribution in [-0.2, 0) is 9.53 Å². The second-order valence-electron chi connectivity index (χ2n) is 4.63. The Morgan fingerprint density at radius 1 is 1.50 bits per heavy atom. The summed E-state index contributed by atoms with van der Waals surface area (Å²) in [7, 11) is 0. The highest BCUT2D eigenvalue weighted by Crippen LogP contribution is 2.42. The molecule has 1 rings (SSSR count). The van der Waals surface area contributed by atoms with Crippen LogP contribution in [0.25, 0.3) is 0 Å². The fourth-order valence-electron chi connectivity index (χ4n) is 2.16. The second kappa shape index (κ2) is 8.02. The fraction of sp³-hybridized carbons (Fsp3) is 0.923. The molecule has 0 aromatic heterocycles. The molecule has 1 unspecified atom stereocenters. The van der Waals surface area contributed by atoms with E-state index in [0.717, 1.165) is 37.3 Å². The molecule has 106 valence electrons. The van der Waals surface area contributed by atoms with Gasteiger partial charge in [0.2, 0.25) is 0 Å². The lowest BCUT2D eigenvalue weighted by atomic mass is 9.95. The van der Waals surface area contributed by atoms with Crippen molar-refractivity contribution in [2.24, 2.45) is 5.92 Å². The number of carbonyl (C=O) groups is 1. The Morgan fingerprint density at radius 2 is 2.22 bits per heavy atom. The average Bonchev–Trinajstić information content (AvgIpc) is 3.18. The molecule has 2 N–H and O–H groups in total. The molecular formula is C13H25NO3S.